The molecule has 3 aliphatic carbocycles. The highest BCUT2D eigenvalue weighted by Crippen LogP contribution is 2.38. The molecule has 3 aliphatic rings. The lowest BCUT2D eigenvalue weighted by Gasteiger charge is -2.22. The maximum Gasteiger partial charge on any atom is 0.361 e. The summed E-state index contributed by atoms with van der Waals surface area (Å²) < 4.78 is 40.6. The highest BCUT2D eigenvalue weighted by molar-refractivity contribution is 7.99. The van der Waals surface area contributed by atoms with Crippen LogP contribution in [0.25, 0.3) is 0 Å². The van der Waals surface area contributed by atoms with Gasteiger partial charge in [-0.25, -0.2) is 18.6 Å². The minimum Gasteiger partial charge on any atom is -0.492 e. The summed E-state index contributed by atoms with van der Waals surface area (Å²) in [7, 11) is -1.72. The number of aromatic amines is 3. The van der Waals surface area contributed by atoms with E-state index >= 15 is 0 Å². The molecule has 77 heavy (non-hydrogen) atoms. The van der Waals surface area contributed by atoms with Crippen LogP contribution in [-0.2, 0) is 20.3 Å². The SMILES string of the molecule is CCOC(=O)c1n[nH]nc1S(=O)c1ccc(Cl)c(OCC2CCCCC2)c1.CCOC(=O)c1n[nH]nc1Sc1ccc(Cl)c(OCC2CCCCC2)c1.O=C(O)c1n[nH]nc1Sc1ccc(Cl)c(OCC2CCCCC2)c1. The second kappa shape index (κ2) is 30.7. The van der Waals surface area contributed by atoms with Crippen LogP contribution in [0, 0.1) is 17.8 Å². The first-order chi connectivity index (χ1) is 37.4. The van der Waals surface area contributed by atoms with Crippen molar-refractivity contribution in [2.75, 3.05) is 33.0 Å². The standard InChI is InChI=1S/C18H22ClN3O4S.C18H22ClN3O3S.C16H18ClN3O3S/c1-2-25-18(23)16-17(21-22-20-16)27(24)13-8-9-14(19)15(10-13)26-11-12-6-4-3-5-7-12;1-2-24-18(23)16-17(21-22-20-16)26-13-8-9-14(19)15(10-13)25-11-12-6-4-3-5-7-12;17-12-7-6-11(24-15-14(16(21)22)18-20-19-15)8-13(12)23-9-10-4-2-1-3-5-10/h8-10,12H,2-7,11H2,1H3,(H,20,21,22);8-10,12H,2-7,11H2,1H3,(H,20,21,22);6-8,10H,1-5,9H2,(H,21,22)(H,18,19,20). The summed E-state index contributed by atoms with van der Waals surface area (Å²) in [6.45, 7) is 5.86. The molecule has 19 nitrogen and oxygen atoms in total. The van der Waals surface area contributed by atoms with Crippen LogP contribution in [0.4, 0.5) is 0 Å². The van der Waals surface area contributed by atoms with E-state index in [4.69, 9.17) is 63.6 Å². The zero-order valence-corrected chi connectivity index (χ0v) is 47.5. The van der Waals surface area contributed by atoms with Crippen LogP contribution in [0.2, 0.25) is 15.1 Å². The first-order valence-corrected chi connectivity index (χ1v) is 29.7. The number of nitrogens with one attached hydrogen (secondary N) is 3. The Balaban J connectivity index is 0.000000168. The van der Waals surface area contributed by atoms with Crippen molar-refractivity contribution in [3.8, 4) is 17.2 Å². The van der Waals surface area contributed by atoms with Crippen LogP contribution in [0.5, 0.6) is 17.2 Å². The molecule has 9 rings (SSSR count). The number of carboxylic acids is 1. The number of hydrogen-bond donors (Lipinski definition) is 4. The molecule has 414 valence electrons. The Morgan fingerprint density at radius 3 is 1.39 bits per heavy atom. The molecule has 0 amide bonds. The van der Waals surface area contributed by atoms with Crippen molar-refractivity contribution in [2.45, 2.75) is 140 Å². The maximum atomic E-state index is 12.9. The molecule has 0 bridgehead atoms. The highest BCUT2D eigenvalue weighted by Gasteiger charge is 2.26. The van der Waals surface area contributed by atoms with Gasteiger partial charge in [0.15, 0.2) is 15.1 Å². The molecular weight excluding hydrogens is 1110 g/mol. The molecule has 25 heteroatoms. The fourth-order valence-electron chi connectivity index (χ4n) is 8.78. The Morgan fingerprint density at radius 1 is 0.545 bits per heavy atom. The molecule has 3 saturated carbocycles. The van der Waals surface area contributed by atoms with Crippen LogP contribution >= 0.6 is 58.3 Å². The van der Waals surface area contributed by atoms with Crippen molar-refractivity contribution in [3.63, 3.8) is 0 Å². The van der Waals surface area contributed by atoms with E-state index in [-0.39, 0.29) is 35.3 Å². The van der Waals surface area contributed by atoms with Crippen molar-refractivity contribution >= 4 is 87.0 Å². The predicted molar refractivity (Wildman–Crippen MR) is 292 cm³/mol. The molecule has 3 aromatic heterocycles. The van der Waals surface area contributed by atoms with Gasteiger partial charge in [0.1, 0.15) is 28.0 Å². The van der Waals surface area contributed by atoms with Gasteiger partial charge in [0.05, 0.1) is 48.1 Å². The number of carbonyl (C=O) groups excluding carboxylic acids is 2. The number of aromatic nitrogens is 9. The lowest BCUT2D eigenvalue weighted by atomic mass is 9.90. The molecule has 0 spiro atoms. The lowest BCUT2D eigenvalue weighted by molar-refractivity contribution is 0.0505. The number of esters is 2. The van der Waals surface area contributed by atoms with E-state index in [9.17, 15) is 18.6 Å². The van der Waals surface area contributed by atoms with Crippen LogP contribution < -0.4 is 14.2 Å². The van der Waals surface area contributed by atoms with E-state index in [2.05, 4.69) is 46.2 Å². The summed E-state index contributed by atoms with van der Waals surface area (Å²) in [4.78, 5) is 37.0. The van der Waals surface area contributed by atoms with Crippen LogP contribution in [-0.4, -0.2) is 106 Å². The van der Waals surface area contributed by atoms with Crippen molar-refractivity contribution < 1.29 is 47.4 Å². The van der Waals surface area contributed by atoms with E-state index in [1.54, 1.807) is 50.2 Å². The number of rotatable bonds is 20. The topological polar surface area (TPSA) is 259 Å². The Morgan fingerprint density at radius 2 is 0.935 bits per heavy atom. The van der Waals surface area contributed by atoms with Crippen molar-refractivity contribution in [1.82, 2.24) is 46.2 Å². The van der Waals surface area contributed by atoms with Crippen molar-refractivity contribution in [2.24, 2.45) is 17.8 Å². The van der Waals surface area contributed by atoms with Gasteiger partial charge in [-0.05, 0) is 125 Å². The summed E-state index contributed by atoms with van der Waals surface area (Å²) in [5.41, 5.74) is -0.00842. The quantitative estimate of drug-likeness (QED) is 0.0518. The molecule has 0 radical (unpaired) electrons. The number of carboxylic acid groups (broad SMARTS) is 1. The minimum atomic E-state index is -1.72. The van der Waals surface area contributed by atoms with E-state index in [0.29, 0.717) is 84.8 Å². The van der Waals surface area contributed by atoms with E-state index in [1.807, 2.05) is 18.2 Å². The number of aromatic carboxylic acids is 1. The number of H-pyrrole nitrogens is 3. The van der Waals surface area contributed by atoms with Crippen LogP contribution in [0.15, 0.2) is 84.4 Å². The van der Waals surface area contributed by atoms with Gasteiger partial charge < -0.3 is 28.8 Å². The third-order valence-electron chi connectivity index (χ3n) is 12.8. The molecule has 4 N–H and O–H groups in total. The molecule has 3 heterocycles. The molecule has 0 saturated heterocycles. The first-order valence-electron chi connectivity index (χ1n) is 25.7. The maximum absolute atomic E-state index is 12.9. The minimum absolute atomic E-state index is 0.0222. The highest BCUT2D eigenvalue weighted by atomic mass is 35.5. The Bertz CT molecular complexity index is 2890. The lowest BCUT2D eigenvalue weighted by Crippen LogP contribution is -2.15. The Kier molecular flexibility index (Phi) is 23.6. The van der Waals surface area contributed by atoms with Gasteiger partial charge in [0.2, 0.25) is 17.1 Å². The molecule has 0 aliphatic heterocycles. The summed E-state index contributed by atoms with van der Waals surface area (Å²) in [5.74, 6) is 1.18. The number of hydrogen-bond acceptors (Lipinski definition) is 17. The summed E-state index contributed by atoms with van der Waals surface area (Å²) in [5, 5.41) is 41.6. The summed E-state index contributed by atoms with van der Waals surface area (Å²) >= 11 is 21.2. The molecule has 1 atom stereocenters. The predicted octanol–water partition coefficient (Wildman–Crippen LogP) is 12.8. The average Bonchev–Trinajstić information content (AvgIpc) is 4.25. The van der Waals surface area contributed by atoms with Crippen molar-refractivity contribution in [3.05, 3.63) is 86.7 Å². The van der Waals surface area contributed by atoms with Gasteiger partial charge in [0.25, 0.3) is 0 Å². The number of nitrogens with zero attached hydrogens (tertiary/aromatic N) is 6. The Hall–Kier alpha value is -5.39. The zero-order chi connectivity index (χ0) is 54.5. The fourth-order valence-corrected chi connectivity index (χ4v) is 12.0. The second-order valence-corrected chi connectivity index (χ2v) is 23.1. The van der Waals surface area contributed by atoms with Gasteiger partial charge in [0, 0.05) is 14.7 Å². The smallest absolute Gasteiger partial charge is 0.361 e. The second-order valence-electron chi connectivity index (χ2n) is 18.4. The zero-order valence-electron chi connectivity index (χ0n) is 42.7. The van der Waals surface area contributed by atoms with Gasteiger partial charge in [-0.2, -0.15) is 15.6 Å². The van der Waals surface area contributed by atoms with E-state index < -0.39 is 28.7 Å². The molecule has 6 aromatic rings. The largest absolute Gasteiger partial charge is 0.492 e. The number of carbonyl (C=O) groups is 3. The van der Waals surface area contributed by atoms with Crippen LogP contribution in [0.1, 0.15) is 142 Å². The van der Waals surface area contributed by atoms with E-state index in [0.717, 1.165) is 22.6 Å². The first kappa shape index (κ1) is 59.3. The molecule has 3 aromatic carbocycles. The normalized spacial score (nSPS) is 15.5. The average molecular weight is 1180 g/mol. The molecule has 1 unspecified atom stereocenters. The van der Waals surface area contributed by atoms with Gasteiger partial charge in [-0.1, -0.05) is 116 Å². The Labute approximate surface area is 472 Å². The van der Waals surface area contributed by atoms with Gasteiger partial charge >= 0.3 is 17.9 Å². The summed E-state index contributed by atoms with van der Waals surface area (Å²) in [6, 6.07) is 15.8. The van der Waals surface area contributed by atoms with Crippen LogP contribution in [0.3, 0.4) is 0 Å². The third-order valence-corrected chi connectivity index (χ3v) is 17.0. The molecular formula is C52H62Cl3N9O10S3. The van der Waals surface area contributed by atoms with Gasteiger partial charge in [-0.15, -0.1) is 30.6 Å². The number of ether oxygens (including phenoxy) is 5. The van der Waals surface area contributed by atoms with Gasteiger partial charge in [-0.3, -0.25) is 0 Å². The number of halogens is 3. The number of benzene rings is 3. The van der Waals surface area contributed by atoms with Crippen molar-refractivity contribution in [1.29, 1.82) is 0 Å². The fraction of sp³-hybridized carbons (Fsp3) is 0.481. The summed E-state index contributed by atoms with van der Waals surface area (Å²) in [6.07, 6.45) is 18.6. The monoisotopic (exact) mass is 1170 g/mol. The molecule has 3 fully saturated rings. The van der Waals surface area contributed by atoms with E-state index in [1.165, 1.54) is 107 Å². The third kappa shape index (κ3) is 17.8.